The number of ether oxygens (including phenoxy) is 1. The molecule has 0 aliphatic carbocycles. The van der Waals surface area contributed by atoms with Crippen molar-refractivity contribution in [2.75, 3.05) is 18.9 Å². The normalized spacial score (nSPS) is 16.0. The molecular formula is C22H21FN4O2. The SMILES string of the molecule is Nc1ncc(-c2ccc(F)cc2)c(C2CCCN2C(=O)COc2ccccc2)n1. The van der Waals surface area contributed by atoms with Crippen molar-refractivity contribution in [3.63, 3.8) is 0 Å². The van der Waals surface area contributed by atoms with Crippen molar-refractivity contribution in [1.82, 2.24) is 14.9 Å². The van der Waals surface area contributed by atoms with E-state index in [4.69, 9.17) is 10.5 Å². The van der Waals surface area contributed by atoms with E-state index in [9.17, 15) is 9.18 Å². The number of carbonyl (C=O) groups is 1. The number of nitrogens with zero attached hydrogens (tertiary/aromatic N) is 3. The Morgan fingerprint density at radius 3 is 2.69 bits per heavy atom. The van der Waals surface area contributed by atoms with Gasteiger partial charge >= 0.3 is 0 Å². The summed E-state index contributed by atoms with van der Waals surface area (Å²) in [5.74, 6) is 0.363. The summed E-state index contributed by atoms with van der Waals surface area (Å²) in [7, 11) is 0. The van der Waals surface area contributed by atoms with Gasteiger partial charge in [0.15, 0.2) is 6.61 Å². The number of anilines is 1. The average Bonchev–Trinajstić information content (AvgIpc) is 3.23. The maximum atomic E-state index is 13.3. The molecule has 1 aliphatic heterocycles. The largest absolute Gasteiger partial charge is 0.484 e. The van der Waals surface area contributed by atoms with Gasteiger partial charge in [-0.05, 0) is 42.7 Å². The van der Waals surface area contributed by atoms with Crippen LogP contribution in [0.25, 0.3) is 11.1 Å². The molecule has 148 valence electrons. The van der Waals surface area contributed by atoms with E-state index < -0.39 is 0 Å². The molecule has 2 heterocycles. The van der Waals surface area contributed by atoms with Gasteiger partial charge in [-0.1, -0.05) is 30.3 Å². The first kappa shape index (κ1) is 18.9. The Bertz CT molecular complexity index is 995. The van der Waals surface area contributed by atoms with Crippen LogP contribution in [0.1, 0.15) is 24.6 Å². The van der Waals surface area contributed by atoms with Gasteiger partial charge in [-0.25, -0.2) is 14.4 Å². The zero-order valence-corrected chi connectivity index (χ0v) is 15.8. The molecule has 1 aromatic heterocycles. The van der Waals surface area contributed by atoms with E-state index in [1.807, 2.05) is 30.3 Å². The monoisotopic (exact) mass is 392 g/mol. The highest BCUT2D eigenvalue weighted by Gasteiger charge is 2.33. The van der Waals surface area contributed by atoms with Crippen LogP contribution in [0, 0.1) is 5.82 Å². The van der Waals surface area contributed by atoms with Crippen molar-refractivity contribution in [2.45, 2.75) is 18.9 Å². The number of aromatic nitrogens is 2. The number of carbonyl (C=O) groups excluding carboxylic acids is 1. The topological polar surface area (TPSA) is 81.3 Å². The minimum absolute atomic E-state index is 0.0487. The van der Waals surface area contributed by atoms with Crippen LogP contribution in [0.3, 0.4) is 0 Å². The van der Waals surface area contributed by atoms with Crippen LogP contribution in [-0.2, 0) is 4.79 Å². The number of amides is 1. The highest BCUT2D eigenvalue weighted by atomic mass is 19.1. The molecule has 4 rings (SSSR count). The van der Waals surface area contributed by atoms with Gasteiger partial charge in [0.1, 0.15) is 11.6 Å². The van der Waals surface area contributed by atoms with Crippen molar-refractivity contribution in [1.29, 1.82) is 0 Å². The van der Waals surface area contributed by atoms with Crippen molar-refractivity contribution in [3.05, 3.63) is 72.3 Å². The number of hydrogen-bond donors (Lipinski definition) is 1. The van der Waals surface area contributed by atoms with Gasteiger partial charge in [0.2, 0.25) is 5.95 Å². The van der Waals surface area contributed by atoms with Crippen LogP contribution < -0.4 is 10.5 Å². The van der Waals surface area contributed by atoms with Crippen LogP contribution in [0.5, 0.6) is 5.75 Å². The van der Waals surface area contributed by atoms with Gasteiger partial charge in [0.05, 0.1) is 11.7 Å². The molecule has 0 saturated carbocycles. The van der Waals surface area contributed by atoms with Gasteiger partial charge in [-0.3, -0.25) is 4.79 Å². The Morgan fingerprint density at radius 1 is 1.17 bits per heavy atom. The highest BCUT2D eigenvalue weighted by molar-refractivity contribution is 5.79. The van der Waals surface area contributed by atoms with E-state index >= 15 is 0 Å². The molecule has 1 unspecified atom stereocenters. The molecule has 1 amide bonds. The molecule has 7 heteroatoms. The fourth-order valence-corrected chi connectivity index (χ4v) is 3.61. The summed E-state index contributed by atoms with van der Waals surface area (Å²) in [4.78, 5) is 23.2. The van der Waals surface area contributed by atoms with E-state index in [0.29, 0.717) is 18.0 Å². The molecule has 1 fully saturated rings. The molecule has 3 aromatic rings. The summed E-state index contributed by atoms with van der Waals surface area (Å²) < 4.78 is 19.0. The van der Waals surface area contributed by atoms with E-state index in [1.54, 1.807) is 23.2 Å². The van der Waals surface area contributed by atoms with Crippen LogP contribution >= 0.6 is 0 Å². The smallest absolute Gasteiger partial charge is 0.261 e. The second-order valence-corrected chi connectivity index (χ2v) is 6.88. The first-order valence-corrected chi connectivity index (χ1v) is 9.47. The lowest BCUT2D eigenvalue weighted by Gasteiger charge is -2.26. The summed E-state index contributed by atoms with van der Waals surface area (Å²) in [5, 5.41) is 0. The van der Waals surface area contributed by atoms with Crippen LogP contribution in [0.2, 0.25) is 0 Å². The average molecular weight is 392 g/mol. The number of rotatable bonds is 5. The number of para-hydroxylation sites is 1. The van der Waals surface area contributed by atoms with Gasteiger partial charge < -0.3 is 15.4 Å². The fraction of sp³-hybridized carbons (Fsp3) is 0.227. The summed E-state index contributed by atoms with van der Waals surface area (Å²) in [6.45, 7) is 0.571. The Kier molecular flexibility index (Phi) is 5.37. The molecule has 0 bridgehead atoms. The minimum atomic E-state index is -0.317. The molecule has 2 aromatic carbocycles. The van der Waals surface area contributed by atoms with Gasteiger partial charge in [0.25, 0.3) is 5.91 Å². The van der Waals surface area contributed by atoms with Gasteiger partial charge in [0, 0.05) is 18.3 Å². The summed E-state index contributed by atoms with van der Waals surface area (Å²) in [6.07, 6.45) is 3.25. The molecule has 2 N–H and O–H groups in total. The van der Waals surface area contributed by atoms with Gasteiger partial charge in [-0.15, -0.1) is 0 Å². The molecular weight excluding hydrogens is 371 g/mol. The van der Waals surface area contributed by atoms with Crippen LogP contribution in [0.15, 0.2) is 60.8 Å². The first-order chi connectivity index (χ1) is 14.1. The maximum absolute atomic E-state index is 13.3. The van der Waals surface area contributed by atoms with Gasteiger partial charge in [-0.2, -0.15) is 0 Å². The predicted molar refractivity (Wildman–Crippen MR) is 107 cm³/mol. The second-order valence-electron chi connectivity index (χ2n) is 6.88. The van der Waals surface area contributed by atoms with E-state index in [0.717, 1.165) is 24.0 Å². The number of halogens is 1. The predicted octanol–water partition coefficient (Wildman–Crippen LogP) is 3.61. The molecule has 1 atom stereocenters. The van der Waals surface area contributed by atoms with Crippen molar-refractivity contribution in [3.8, 4) is 16.9 Å². The van der Waals surface area contributed by atoms with Crippen molar-refractivity contribution >= 4 is 11.9 Å². The Hall–Kier alpha value is -3.48. The highest BCUT2D eigenvalue weighted by Crippen LogP contribution is 2.36. The second kappa shape index (κ2) is 8.26. The van der Waals surface area contributed by atoms with E-state index in [1.165, 1.54) is 12.1 Å². The first-order valence-electron chi connectivity index (χ1n) is 9.47. The molecule has 0 spiro atoms. The summed E-state index contributed by atoms with van der Waals surface area (Å²) >= 11 is 0. The molecule has 1 aliphatic rings. The standard InChI is InChI=1S/C22H21FN4O2/c23-16-10-8-15(9-11-16)18-13-25-22(24)26-21(18)19-7-4-12-27(19)20(28)14-29-17-5-2-1-3-6-17/h1-3,5-6,8-11,13,19H,4,7,12,14H2,(H2,24,25,26). The third kappa shape index (κ3) is 4.18. The molecule has 0 radical (unpaired) electrons. The quantitative estimate of drug-likeness (QED) is 0.717. The number of nitrogens with two attached hydrogens (primary N) is 1. The van der Waals surface area contributed by atoms with Crippen LogP contribution in [-0.4, -0.2) is 33.9 Å². The van der Waals surface area contributed by atoms with Crippen LogP contribution in [0.4, 0.5) is 10.3 Å². The summed E-state index contributed by atoms with van der Waals surface area (Å²) in [5.41, 5.74) is 8.04. The fourth-order valence-electron chi connectivity index (χ4n) is 3.61. The molecule has 29 heavy (non-hydrogen) atoms. The maximum Gasteiger partial charge on any atom is 0.261 e. The minimum Gasteiger partial charge on any atom is -0.484 e. The Balaban J connectivity index is 1.59. The van der Waals surface area contributed by atoms with Crippen molar-refractivity contribution in [2.24, 2.45) is 0 Å². The number of nitrogen functional groups attached to an aromatic ring is 1. The lowest BCUT2D eigenvalue weighted by atomic mass is 10.00. The van der Waals surface area contributed by atoms with E-state index in [2.05, 4.69) is 9.97 Å². The lowest BCUT2D eigenvalue weighted by Crippen LogP contribution is -2.35. The zero-order valence-electron chi connectivity index (χ0n) is 15.8. The third-order valence-corrected chi connectivity index (χ3v) is 4.99. The Labute approximate surface area is 168 Å². The van der Waals surface area contributed by atoms with Crippen molar-refractivity contribution < 1.29 is 13.9 Å². The summed E-state index contributed by atoms with van der Waals surface area (Å²) in [6, 6.07) is 15.1. The third-order valence-electron chi connectivity index (χ3n) is 4.99. The van der Waals surface area contributed by atoms with E-state index in [-0.39, 0.29) is 30.3 Å². The molecule has 6 nitrogen and oxygen atoms in total. The number of hydrogen-bond acceptors (Lipinski definition) is 5. The number of benzene rings is 2. The Morgan fingerprint density at radius 2 is 1.93 bits per heavy atom. The molecule has 1 saturated heterocycles. The lowest BCUT2D eigenvalue weighted by molar-refractivity contribution is -0.134. The zero-order chi connectivity index (χ0) is 20.2. The number of likely N-dealkylation sites (tertiary alicyclic amines) is 1.